The van der Waals surface area contributed by atoms with Gasteiger partial charge in [0.05, 0.1) is 13.2 Å². The maximum atomic E-state index is 12.0. The molecule has 0 unspecified atom stereocenters. The van der Waals surface area contributed by atoms with Gasteiger partial charge in [-0.05, 0) is 6.54 Å². The van der Waals surface area contributed by atoms with Gasteiger partial charge in [-0.3, -0.25) is 14.5 Å². The predicted molar refractivity (Wildman–Crippen MR) is 64.8 cm³/mol. The second-order valence-corrected chi connectivity index (χ2v) is 4.28. The van der Waals surface area contributed by atoms with E-state index in [-0.39, 0.29) is 11.7 Å². The van der Waals surface area contributed by atoms with E-state index in [1.807, 2.05) is 6.92 Å². The summed E-state index contributed by atoms with van der Waals surface area (Å²) in [5.41, 5.74) is 0. The Labute approximate surface area is 103 Å². The van der Waals surface area contributed by atoms with Gasteiger partial charge in [-0.15, -0.1) is 0 Å². The van der Waals surface area contributed by atoms with E-state index in [2.05, 4.69) is 4.90 Å². The molecule has 0 radical (unpaired) electrons. The van der Waals surface area contributed by atoms with Gasteiger partial charge >= 0.3 is 0 Å². The lowest BCUT2D eigenvalue weighted by atomic mass is 10.1. The number of carbonyl (C=O) groups is 2. The van der Waals surface area contributed by atoms with Gasteiger partial charge in [-0.1, -0.05) is 6.92 Å². The van der Waals surface area contributed by atoms with Crippen LogP contribution in [0.3, 0.4) is 0 Å². The number of nitrogens with zero attached hydrogens (tertiary/aromatic N) is 2. The average molecular weight is 242 g/mol. The molecule has 1 heterocycles. The molecule has 0 aromatic carbocycles. The Hall–Kier alpha value is -0.940. The second-order valence-electron chi connectivity index (χ2n) is 4.28. The lowest BCUT2D eigenvalue weighted by Gasteiger charge is -2.29. The van der Waals surface area contributed by atoms with Crippen LogP contribution in [0.2, 0.25) is 0 Å². The predicted octanol–water partition coefficient (Wildman–Crippen LogP) is 0.146. The molecular formula is C12H22N2O3. The second kappa shape index (κ2) is 7.40. The van der Waals surface area contributed by atoms with E-state index in [4.69, 9.17) is 4.74 Å². The van der Waals surface area contributed by atoms with Gasteiger partial charge in [-0.25, -0.2) is 0 Å². The first-order valence-corrected chi connectivity index (χ1v) is 6.18. The van der Waals surface area contributed by atoms with Crippen molar-refractivity contribution < 1.29 is 14.3 Å². The summed E-state index contributed by atoms with van der Waals surface area (Å²) in [5.74, 6) is 0.385. The first kappa shape index (κ1) is 14.1. The molecule has 1 rings (SSSR count). The summed E-state index contributed by atoms with van der Waals surface area (Å²) in [6, 6.07) is 0. The van der Waals surface area contributed by atoms with Crippen molar-refractivity contribution in [1.82, 2.24) is 9.80 Å². The van der Waals surface area contributed by atoms with Crippen LogP contribution in [-0.2, 0) is 14.3 Å². The number of amides is 1. The van der Waals surface area contributed by atoms with Crippen molar-refractivity contribution in [1.29, 1.82) is 0 Å². The molecule has 0 N–H and O–H groups in total. The van der Waals surface area contributed by atoms with Gasteiger partial charge in [0, 0.05) is 39.6 Å². The Kier molecular flexibility index (Phi) is 6.15. The topological polar surface area (TPSA) is 49.9 Å². The zero-order valence-corrected chi connectivity index (χ0v) is 10.8. The van der Waals surface area contributed by atoms with Crippen molar-refractivity contribution >= 4 is 11.7 Å². The lowest BCUT2D eigenvalue weighted by Crippen LogP contribution is -2.44. The van der Waals surface area contributed by atoms with Crippen molar-refractivity contribution in [2.45, 2.75) is 19.8 Å². The molecule has 0 atom stereocenters. The molecule has 0 saturated carbocycles. The number of likely N-dealkylation sites (N-methyl/N-ethyl adjacent to an activating group) is 1. The SMILES string of the molecule is CCN(CCOC)CC(=O)N1CCC(=O)CC1. The van der Waals surface area contributed by atoms with Crippen LogP contribution in [0.25, 0.3) is 0 Å². The molecule has 0 aromatic rings. The average Bonchev–Trinajstić information content (AvgIpc) is 2.35. The molecule has 0 aliphatic carbocycles. The molecule has 0 bridgehead atoms. The molecule has 0 spiro atoms. The van der Waals surface area contributed by atoms with Crippen LogP contribution in [0.1, 0.15) is 19.8 Å². The number of piperidine rings is 1. The van der Waals surface area contributed by atoms with Gasteiger partial charge in [0.2, 0.25) is 5.91 Å². The van der Waals surface area contributed by atoms with Gasteiger partial charge in [0.1, 0.15) is 5.78 Å². The van der Waals surface area contributed by atoms with Crippen LogP contribution in [0, 0.1) is 0 Å². The van der Waals surface area contributed by atoms with Gasteiger partial charge in [-0.2, -0.15) is 0 Å². The summed E-state index contributed by atoms with van der Waals surface area (Å²) in [7, 11) is 1.66. The summed E-state index contributed by atoms with van der Waals surface area (Å²) < 4.78 is 5.00. The van der Waals surface area contributed by atoms with E-state index in [1.54, 1.807) is 12.0 Å². The maximum absolute atomic E-state index is 12.0. The largest absolute Gasteiger partial charge is 0.383 e. The summed E-state index contributed by atoms with van der Waals surface area (Å²) in [6.07, 6.45) is 1.02. The molecule has 5 heteroatoms. The third kappa shape index (κ3) is 4.83. The zero-order valence-electron chi connectivity index (χ0n) is 10.8. The van der Waals surface area contributed by atoms with Crippen LogP contribution in [0.5, 0.6) is 0 Å². The summed E-state index contributed by atoms with van der Waals surface area (Å²) in [5, 5.41) is 0. The normalized spacial score (nSPS) is 16.6. The molecule has 5 nitrogen and oxygen atoms in total. The minimum absolute atomic E-state index is 0.121. The van der Waals surface area contributed by atoms with Gasteiger partial charge < -0.3 is 9.64 Å². The Morgan fingerprint density at radius 1 is 1.41 bits per heavy atom. The monoisotopic (exact) mass is 242 g/mol. The molecule has 17 heavy (non-hydrogen) atoms. The molecule has 98 valence electrons. The van der Waals surface area contributed by atoms with E-state index in [0.29, 0.717) is 39.1 Å². The van der Waals surface area contributed by atoms with E-state index in [0.717, 1.165) is 13.1 Å². The Bertz CT molecular complexity index is 258. The lowest BCUT2D eigenvalue weighted by molar-refractivity contribution is -0.135. The van der Waals surface area contributed by atoms with E-state index in [1.165, 1.54) is 0 Å². The van der Waals surface area contributed by atoms with Crippen molar-refractivity contribution in [3.05, 3.63) is 0 Å². The van der Waals surface area contributed by atoms with E-state index in [9.17, 15) is 9.59 Å². The molecule has 1 amide bonds. The number of ether oxygens (including phenoxy) is 1. The summed E-state index contributed by atoms with van der Waals surface area (Å²) in [6.45, 7) is 5.86. The van der Waals surface area contributed by atoms with Crippen molar-refractivity contribution in [3.8, 4) is 0 Å². The summed E-state index contributed by atoms with van der Waals surface area (Å²) >= 11 is 0. The quantitative estimate of drug-likeness (QED) is 0.665. The fourth-order valence-electron chi connectivity index (χ4n) is 1.87. The smallest absolute Gasteiger partial charge is 0.236 e. The highest BCUT2D eigenvalue weighted by atomic mass is 16.5. The highest BCUT2D eigenvalue weighted by Crippen LogP contribution is 2.06. The zero-order chi connectivity index (χ0) is 12.7. The molecule has 1 aliphatic rings. The minimum Gasteiger partial charge on any atom is -0.383 e. The van der Waals surface area contributed by atoms with Crippen molar-refractivity contribution in [2.75, 3.05) is 46.4 Å². The van der Waals surface area contributed by atoms with Crippen LogP contribution in [0.4, 0.5) is 0 Å². The van der Waals surface area contributed by atoms with Gasteiger partial charge in [0.15, 0.2) is 0 Å². The van der Waals surface area contributed by atoms with Gasteiger partial charge in [0.25, 0.3) is 0 Å². The van der Waals surface area contributed by atoms with Crippen molar-refractivity contribution in [2.24, 2.45) is 0 Å². The minimum atomic E-state index is 0.121. The third-order valence-corrected chi connectivity index (χ3v) is 3.09. The number of carbonyl (C=O) groups excluding carboxylic acids is 2. The molecule has 0 aromatic heterocycles. The number of rotatable bonds is 6. The van der Waals surface area contributed by atoms with Crippen LogP contribution in [0.15, 0.2) is 0 Å². The highest BCUT2D eigenvalue weighted by Gasteiger charge is 2.21. The Morgan fingerprint density at radius 2 is 2.06 bits per heavy atom. The number of likely N-dealkylation sites (tertiary alicyclic amines) is 1. The van der Waals surface area contributed by atoms with Crippen LogP contribution < -0.4 is 0 Å². The fourth-order valence-corrected chi connectivity index (χ4v) is 1.87. The number of Topliss-reactive ketones (excluding diaryl/α,β-unsaturated/α-hetero) is 1. The number of hydrogen-bond acceptors (Lipinski definition) is 4. The Morgan fingerprint density at radius 3 is 2.59 bits per heavy atom. The molecule has 1 saturated heterocycles. The first-order valence-electron chi connectivity index (χ1n) is 6.18. The maximum Gasteiger partial charge on any atom is 0.236 e. The number of hydrogen-bond donors (Lipinski definition) is 0. The molecule has 1 fully saturated rings. The van der Waals surface area contributed by atoms with E-state index < -0.39 is 0 Å². The van der Waals surface area contributed by atoms with Crippen LogP contribution >= 0.6 is 0 Å². The number of methoxy groups -OCH3 is 1. The summed E-state index contributed by atoms with van der Waals surface area (Å²) in [4.78, 5) is 26.9. The standard InChI is InChI=1S/C12H22N2O3/c1-3-13(8-9-17-2)10-12(16)14-6-4-11(15)5-7-14/h3-10H2,1-2H3. The molecule has 1 aliphatic heterocycles. The number of ketones is 1. The van der Waals surface area contributed by atoms with Crippen molar-refractivity contribution in [3.63, 3.8) is 0 Å². The molecular weight excluding hydrogens is 220 g/mol. The van der Waals surface area contributed by atoms with E-state index >= 15 is 0 Å². The fraction of sp³-hybridized carbons (Fsp3) is 0.833. The Balaban J connectivity index is 2.33. The highest BCUT2D eigenvalue weighted by molar-refractivity contribution is 5.84. The first-order chi connectivity index (χ1) is 8.17. The van der Waals surface area contributed by atoms with Crippen LogP contribution in [-0.4, -0.2) is 67.9 Å². The third-order valence-electron chi connectivity index (χ3n) is 3.09.